The van der Waals surface area contributed by atoms with Crippen LogP contribution in [0.4, 0.5) is 0 Å². The van der Waals surface area contributed by atoms with Gasteiger partial charge in [0, 0.05) is 12.2 Å². The Morgan fingerprint density at radius 3 is 2.21 bits per heavy atom. The van der Waals surface area contributed by atoms with Gasteiger partial charge in [-0.25, -0.2) is 0 Å². The van der Waals surface area contributed by atoms with Crippen LogP contribution in [0.25, 0.3) is 0 Å². The molecule has 0 saturated carbocycles. The maximum absolute atomic E-state index is 6.07. The molecule has 0 radical (unpaired) electrons. The SMILES string of the molecule is Cc1c(B2OC(C)(C)C(C)(C)O2)ccnc1C(C)N. The summed E-state index contributed by atoms with van der Waals surface area (Å²) in [6, 6.07) is 1.85. The highest BCUT2D eigenvalue weighted by atomic mass is 16.7. The van der Waals surface area contributed by atoms with E-state index in [9.17, 15) is 0 Å². The fraction of sp³-hybridized carbons (Fsp3) is 0.643. The van der Waals surface area contributed by atoms with E-state index in [0.717, 1.165) is 16.7 Å². The predicted octanol–water partition coefficient (Wildman–Crippen LogP) is 1.71. The van der Waals surface area contributed by atoms with Gasteiger partial charge >= 0.3 is 7.12 Å². The topological polar surface area (TPSA) is 57.4 Å². The maximum Gasteiger partial charge on any atom is 0.495 e. The second kappa shape index (κ2) is 4.58. The Balaban J connectivity index is 2.38. The van der Waals surface area contributed by atoms with Gasteiger partial charge in [0.05, 0.1) is 16.9 Å². The number of pyridine rings is 1. The van der Waals surface area contributed by atoms with Gasteiger partial charge in [-0.15, -0.1) is 0 Å². The second-order valence-electron chi connectivity index (χ2n) is 6.29. The van der Waals surface area contributed by atoms with E-state index in [0.29, 0.717) is 0 Å². The van der Waals surface area contributed by atoms with Gasteiger partial charge in [-0.05, 0) is 58.6 Å². The van der Waals surface area contributed by atoms with Gasteiger partial charge in [0.15, 0.2) is 0 Å². The Morgan fingerprint density at radius 1 is 1.21 bits per heavy atom. The van der Waals surface area contributed by atoms with Gasteiger partial charge in [0.25, 0.3) is 0 Å². The van der Waals surface area contributed by atoms with E-state index in [1.807, 2.05) is 19.9 Å². The summed E-state index contributed by atoms with van der Waals surface area (Å²) in [7, 11) is -0.356. The van der Waals surface area contributed by atoms with E-state index >= 15 is 0 Å². The third-order valence-electron chi connectivity index (χ3n) is 4.22. The summed E-state index contributed by atoms with van der Waals surface area (Å²) in [5.74, 6) is 0. The van der Waals surface area contributed by atoms with Crippen LogP contribution in [-0.4, -0.2) is 23.3 Å². The number of nitrogens with two attached hydrogens (primary N) is 1. The first-order valence-electron chi connectivity index (χ1n) is 6.72. The van der Waals surface area contributed by atoms with Crippen molar-refractivity contribution in [1.29, 1.82) is 0 Å². The van der Waals surface area contributed by atoms with Crippen LogP contribution in [0.2, 0.25) is 0 Å². The molecule has 1 aliphatic heterocycles. The Labute approximate surface area is 115 Å². The standard InChI is InChI=1S/C14H23BN2O2/c1-9-11(7-8-17-12(9)10(2)16)15-18-13(3,4)14(5,6)19-15/h7-8,10H,16H2,1-6H3. The summed E-state index contributed by atoms with van der Waals surface area (Å²) in [5.41, 5.74) is 8.24. The van der Waals surface area contributed by atoms with Crippen LogP contribution in [-0.2, 0) is 9.31 Å². The molecule has 1 aromatic heterocycles. The molecule has 1 aliphatic rings. The molecule has 2 heterocycles. The van der Waals surface area contributed by atoms with E-state index in [1.54, 1.807) is 6.20 Å². The molecule has 5 heteroatoms. The lowest BCUT2D eigenvalue weighted by Gasteiger charge is -2.32. The first kappa shape index (κ1) is 14.5. The van der Waals surface area contributed by atoms with Crippen molar-refractivity contribution in [2.45, 2.75) is 58.8 Å². The average molecular weight is 262 g/mol. The van der Waals surface area contributed by atoms with Crippen molar-refractivity contribution in [3.63, 3.8) is 0 Å². The number of hydrogen-bond acceptors (Lipinski definition) is 4. The zero-order chi connectivity index (χ0) is 14.4. The summed E-state index contributed by atoms with van der Waals surface area (Å²) in [6.45, 7) is 12.2. The molecule has 1 aromatic rings. The molecule has 2 N–H and O–H groups in total. The van der Waals surface area contributed by atoms with E-state index < -0.39 is 0 Å². The third-order valence-corrected chi connectivity index (χ3v) is 4.22. The Hall–Kier alpha value is -0.905. The van der Waals surface area contributed by atoms with Crippen molar-refractivity contribution in [2.24, 2.45) is 5.73 Å². The zero-order valence-corrected chi connectivity index (χ0v) is 12.7. The van der Waals surface area contributed by atoms with Crippen molar-refractivity contribution in [3.05, 3.63) is 23.5 Å². The fourth-order valence-corrected chi connectivity index (χ4v) is 2.25. The van der Waals surface area contributed by atoms with Gasteiger partial charge in [-0.3, -0.25) is 4.98 Å². The number of nitrogens with zero attached hydrogens (tertiary/aromatic N) is 1. The minimum atomic E-state index is -0.356. The van der Waals surface area contributed by atoms with Gasteiger partial charge in [0.2, 0.25) is 0 Å². The van der Waals surface area contributed by atoms with E-state index in [-0.39, 0.29) is 24.4 Å². The fourth-order valence-electron chi connectivity index (χ4n) is 2.25. The largest absolute Gasteiger partial charge is 0.495 e. The molecule has 4 nitrogen and oxygen atoms in total. The van der Waals surface area contributed by atoms with Crippen LogP contribution in [0.3, 0.4) is 0 Å². The Bertz CT molecular complexity index is 470. The molecule has 1 saturated heterocycles. The van der Waals surface area contributed by atoms with Crippen molar-refractivity contribution in [1.82, 2.24) is 4.98 Å². The molecule has 104 valence electrons. The van der Waals surface area contributed by atoms with Crippen LogP contribution < -0.4 is 11.2 Å². The normalized spacial score (nSPS) is 22.6. The molecular weight excluding hydrogens is 239 g/mol. The minimum Gasteiger partial charge on any atom is -0.399 e. The molecule has 1 fully saturated rings. The molecule has 1 unspecified atom stereocenters. The Kier molecular flexibility index (Phi) is 3.50. The van der Waals surface area contributed by atoms with E-state index in [4.69, 9.17) is 15.0 Å². The van der Waals surface area contributed by atoms with Crippen molar-refractivity contribution in [2.75, 3.05) is 0 Å². The first-order chi connectivity index (χ1) is 8.66. The third kappa shape index (κ3) is 2.42. The molecular formula is C14H23BN2O2. The summed E-state index contributed by atoms with van der Waals surface area (Å²) >= 11 is 0. The predicted molar refractivity (Wildman–Crippen MR) is 77.3 cm³/mol. The monoisotopic (exact) mass is 262 g/mol. The first-order valence-corrected chi connectivity index (χ1v) is 6.72. The van der Waals surface area contributed by atoms with Crippen LogP contribution in [0, 0.1) is 6.92 Å². The van der Waals surface area contributed by atoms with Crippen molar-refractivity contribution < 1.29 is 9.31 Å². The smallest absolute Gasteiger partial charge is 0.399 e. The van der Waals surface area contributed by atoms with Crippen LogP contribution in [0.1, 0.15) is 51.9 Å². The lowest BCUT2D eigenvalue weighted by atomic mass is 9.76. The van der Waals surface area contributed by atoms with E-state index in [1.165, 1.54) is 0 Å². The molecule has 0 amide bonds. The van der Waals surface area contributed by atoms with Crippen LogP contribution in [0.15, 0.2) is 12.3 Å². The highest BCUT2D eigenvalue weighted by Gasteiger charge is 2.52. The highest BCUT2D eigenvalue weighted by Crippen LogP contribution is 2.36. The Morgan fingerprint density at radius 2 is 1.74 bits per heavy atom. The van der Waals surface area contributed by atoms with Gasteiger partial charge < -0.3 is 15.0 Å². The number of aromatic nitrogens is 1. The maximum atomic E-state index is 6.07. The van der Waals surface area contributed by atoms with Crippen LogP contribution >= 0.6 is 0 Å². The lowest BCUT2D eigenvalue weighted by molar-refractivity contribution is 0.00578. The highest BCUT2D eigenvalue weighted by molar-refractivity contribution is 6.62. The summed E-state index contributed by atoms with van der Waals surface area (Å²) in [6.07, 6.45) is 1.77. The second-order valence-corrected chi connectivity index (χ2v) is 6.29. The lowest BCUT2D eigenvalue weighted by Crippen LogP contribution is -2.41. The summed E-state index contributed by atoms with van der Waals surface area (Å²) in [5, 5.41) is 0. The van der Waals surface area contributed by atoms with E-state index in [2.05, 4.69) is 32.7 Å². The van der Waals surface area contributed by atoms with Crippen LogP contribution in [0.5, 0.6) is 0 Å². The van der Waals surface area contributed by atoms with Crippen molar-refractivity contribution in [3.8, 4) is 0 Å². The molecule has 0 aromatic carbocycles. The molecule has 0 bridgehead atoms. The molecule has 0 spiro atoms. The summed E-state index contributed by atoms with van der Waals surface area (Å²) in [4.78, 5) is 4.35. The van der Waals surface area contributed by atoms with Gasteiger partial charge in [-0.1, -0.05) is 0 Å². The van der Waals surface area contributed by atoms with Gasteiger partial charge in [0.1, 0.15) is 0 Å². The number of rotatable bonds is 2. The van der Waals surface area contributed by atoms with Gasteiger partial charge in [-0.2, -0.15) is 0 Å². The zero-order valence-electron chi connectivity index (χ0n) is 12.7. The molecule has 0 aliphatic carbocycles. The molecule has 2 rings (SSSR count). The average Bonchev–Trinajstić information content (AvgIpc) is 2.47. The molecule has 19 heavy (non-hydrogen) atoms. The summed E-state index contributed by atoms with van der Waals surface area (Å²) < 4.78 is 12.1. The molecule has 1 atom stereocenters. The van der Waals surface area contributed by atoms with Crippen molar-refractivity contribution >= 4 is 12.6 Å². The minimum absolute atomic E-state index is 0.0950. The number of hydrogen-bond donors (Lipinski definition) is 1. The quantitative estimate of drug-likeness (QED) is 0.824.